The third-order valence-electron chi connectivity index (χ3n) is 4.64. The van der Waals surface area contributed by atoms with Crippen LogP contribution in [-0.2, 0) is 4.79 Å². The predicted octanol–water partition coefficient (Wildman–Crippen LogP) is 2.58. The van der Waals surface area contributed by atoms with E-state index in [-0.39, 0.29) is 5.91 Å². The molecule has 1 saturated heterocycles. The van der Waals surface area contributed by atoms with Crippen molar-refractivity contribution in [3.05, 3.63) is 29.7 Å². The Morgan fingerprint density at radius 3 is 2.67 bits per heavy atom. The topological polar surface area (TPSA) is 36.7 Å². The third kappa shape index (κ3) is 3.38. The number of nitrogens with zero attached hydrogens (tertiary/aromatic N) is 2. The van der Waals surface area contributed by atoms with Gasteiger partial charge in [-0.25, -0.2) is 0 Å². The molecule has 2 unspecified atom stereocenters. The van der Waals surface area contributed by atoms with Gasteiger partial charge in [-0.3, -0.25) is 4.79 Å². The summed E-state index contributed by atoms with van der Waals surface area (Å²) in [5.41, 5.74) is 0. The predicted molar refractivity (Wildman–Crippen MR) is 83.0 cm³/mol. The molecule has 0 spiro atoms. The maximum Gasteiger partial charge on any atom is 0.246 e. The van der Waals surface area contributed by atoms with Crippen molar-refractivity contribution in [2.75, 3.05) is 32.7 Å². The molecule has 2 heterocycles. The first kappa shape index (κ1) is 14.4. The summed E-state index contributed by atoms with van der Waals surface area (Å²) in [6, 6.07) is 4.00. The third-order valence-corrected chi connectivity index (χ3v) is 4.64. The first-order valence-corrected chi connectivity index (χ1v) is 7.96. The fourth-order valence-electron chi connectivity index (χ4n) is 2.92. The lowest BCUT2D eigenvalue weighted by atomic mass is 10.2. The first-order chi connectivity index (χ1) is 10.2. The number of likely N-dealkylation sites (N-methyl/N-ethyl adjacent to an activating group) is 1. The van der Waals surface area contributed by atoms with Crippen molar-refractivity contribution in [3.8, 4) is 0 Å². The van der Waals surface area contributed by atoms with E-state index in [0.717, 1.165) is 50.2 Å². The lowest BCUT2D eigenvalue weighted by molar-refractivity contribution is -0.127. The van der Waals surface area contributed by atoms with Crippen LogP contribution in [-0.4, -0.2) is 48.4 Å². The molecule has 1 aliphatic heterocycles. The van der Waals surface area contributed by atoms with Crippen LogP contribution in [0, 0.1) is 5.92 Å². The Hall–Kier alpha value is -1.55. The molecule has 1 aromatic heterocycles. The van der Waals surface area contributed by atoms with Crippen LogP contribution in [0.25, 0.3) is 6.08 Å². The molecule has 4 heteroatoms. The maximum absolute atomic E-state index is 12.2. The molecule has 0 N–H and O–H groups in total. The maximum atomic E-state index is 12.2. The van der Waals surface area contributed by atoms with Crippen LogP contribution in [0.2, 0.25) is 0 Å². The second-order valence-corrected chi connectivity index (χ2v) is 6.15. The molecule has 1 amide bonds. The standard InChI is InChI=1S/C17H24N2O2/c1-3-18-8-10-19(11-9-18)17(20)7-5-14-4-6-16(21-14)15-12-13(15)2/h4-7,13,15H,3,8-12H2,1-2H3/b7-5+. The fourth-order valence-corrected chi connectivity index (χ4v) is 2.92. The lowest BCUT2D eigenvalue weighted by Crippen LogP contribution is -2.48. The molecular formula is C17H24N2O2. The number of amides is 1. The van der Waals surface area contributed by atoms with Gasteiger partial charge in [0.05, 0.1) is 0 Å². The number of carbonyl (C=O) groups is 1. The minimum atomic E-state index is 0.0866. The van der Waals surface area contributed by atoms with Crippen molar-refractivity contribution in [1.82, 2.24) is 9.80 Å². The number of rotatable bonds is 4. The summed E-state index contributed by atoms with van der Waals surface area (Å²) in [6.45, 7) is 9.04. The van der Waals surface area contributed by atoms with Crippen LogP contribution in [0.4, 0.5) is 0 Å². The van der Waals surface area contributed by atoms with E-state index in [1.807, 2.05) is 17.0 Å². The van der Waals surface area contributed by atoms with Gasteiger partial charge >= 0.3 is 0 Å². The van der Waals surface area contributed by atoms with E-state index < -0.39 is 0 Å². The summed E-state index contributed by atoms with van der Waals surface area (Å²) in [5, 5.41) is 0. The molecule has 21 heavy (non-hydrogen) atoms. The van der Waals surface area contributed by atoms with E-state index in [9.17, 15) is 4.79 Å². The molecule has 0 bridgehead atoms. The number of hydrogen-bond donors (Lipinski definition) is 0. The number of piperazine rings is 1. The van der Waals surface area contributed by atoms with Crippen LogP contribution in [0.15, 0.2) is 22.6 Å². The average molecular weight is 288 g/mol. The first-order valence-electron chi connectivity index (χ1n) is 7.96. The highest BCUT2D eigenvalue weighted by molar-refractivity contribution is 5.91. The molecule has 1 aromatic rings. The van der Waals surface area contributed by atoms with Gasteiger partial charge in [-0.15, -0.1) is 0 Å². The van der Waals surface area contributed by atoms with E-state index in [1.165, 1.54) is 6.42 Å². The van der Waals surface area contributed by atoms with E-state index in [1.54, 1.807) is 12.2 Å². The van der Waals surface area contributed by atoms with Crippen molar-refractivity contribution in [2.24, 2.45) is 5.92 Å². The minimum absolute atomic E-state index is 0.0866. The van der Waals surface area contributed by atoms with Crippen LogP contribution < -0.4 is 0 Å². The second-order valence-electron chi connectivity index (χ2n) is 6.15. The lowest BCUT2D eigenvalue weighted by Gasteiger charge is -2.33. The highest BCUT2D eigenvalue weighted by atomic mass is 16.3. The zero-order chi connectivity index (χ0) is 14.8. The normalized spacial score (nSPS) is 26.5. The molecule has 1 saturated carbocycles. The van der Waals surface area contributed by atoms with Crippen molar-refractivity contribution in [1.29, 1.82) is 0 Å². The van der Waals surface area contributed by atoms with Gasteiger partial charge in [-0.2, -0.15) is 0 Å². The zero-order valence-electron chi connectivity index (χ0n) is 12.9. The molecule has 1 aliphatic carbocycles. The van der Waals surface area contributed by atoms with E-state index >= 15 is 0 Å². The van der Waals surface area contributed by atoms with E-state index in [2.05, 4.69) is 18.7 Å². The largest absolute Gasteiger partial charge is 0.461 e. The van der Waals surface area contributed by atoms with Crippen molar-refractivity contribution < 1.29 is 9.21 Å². The minimum Gasteiger partial charge on any atom is -0.461 e. The molecular weight excluding hydrogens is 264 g/mol. The van der Waals surface area contributed by atoms with Gasteiger partial charge in [0.1, 0.15) is 11.5 Å². The quantitative estimate of drug-likeness (QED) is 0.799. The van der Waals surface area contributed by atoms with Gasteiger partial charge < -0.3 is 14.2 Å². The summed E-state index contributed by atoms with van der Waals surface area (Å²) in [6.07, 6.45) is 4.66. The Balaban J connectivity index is 1.53. The summed E-state index contributed by atoms with van der Waals surface area (Å²) in [4.78, 5) is 16.4. The Morgan fingerprint density at radius 1 is 1.33 bits per heavy atom. The monoisotopic (exact) mass is 288 g/mol. The van der Waals surface area contributed by atoms with Gasteiger partial charge in [0.2, 0.25) is 5.91 Å². The highest BCUT2D eigenvalue weighted by Gasteiger charge is 2.36. The number of carbonyl (C=O) groups excluding carboxylic acids is 1. The zero-order valence-corrected chi connectivity index (χ0v) is 12.9. The van der Waals surface area contributed by atoms with Crippen LogP contribution in [0.1, 0.15) is 37.7 Å². The molecule has 114 valence electrons. The van der Waals surface area contributed by atoms with Gasteiger partial charge in [0, 0.05) is 38.2 Å². The van der Waals surface area contributed by atoms with Crippen molar-refractivity contribution in [3.63, 3.8) is 0 Å². The average Bonchev–Trinajstić information content (AvgIpc) is 3.06. The van der Waals surface area contributed by atoms with E-state index in [4.69, 9.17) is 4.42 Å². The smallest absolute Gasteiger partial charge is 0.246 e. The Morgan fingerprint density at radius 2 is 2.05 bits per heavy atom. The molecule has 2 aliphatic rings. The summed E-state index contributed by atoms with van der Waals surface area (Å²) >= 11 is 0. The Labute approximate surface area is 126 Å². The Kier molecular flexibility index (Phi) is 4.15. The Bertz CT molecular complexity index is 527. The molecule has 3 rings (SSSR count). The molecule has 0 aromatic carbocycles. The van der Waals surface area contributed by atoms with Gasteiger partial charge in [-0.1, -0.05) is 13.8 Å². The summed E-state index contributed by atoms with van der Waals surface area (Å²) in [7, 11) is 0. The number of furan rings is 1. The van der Waals surface area contributed by atoms with E-state index in [0.29, 0.717) is 5.92 Å². The molecule has 2 fully saturated rings. The molecule has 0 radical (unpaired) electrons. The van der Waals surface area contributed by atoms with Crippen molar-refractivity contribution >= 4 is 12.0 Å². The van der Waals surface area contributed by atoms with Gasteiger partial charge in [0.15, 0.2) is 0 Å². The number of hydrogen-bond acceptors (Lipinski definition) is 3. The SMILES string of the molecule is CCN1CCN(C(=O)/C=C/c2ccc(C3CC3C)o2)CC1. The van der Waals surface area contributed by atoms with Crippen LogP contribution in [0.5, 0.6) is 0 Å². The van der Waals surface area contributed by atoms with Gasteiger partial charge in [0.25, 0.3) is 0 Å². The summed E-state index contributed by atoms with van der Waals surface area (Å²) in [5.74, 6) is 3.26. The highest BCUT2D eigenvalue weighted by Crippen LogP contribution is 2.47. The van der Waals surface area contributed by atoms with Crippen LogP contribution in [0.3, 0.4) is 0 Å². The summed E-state index contributed by atoms with van der Waals surface area (Å²) < 4.78 is 5.78. The molecule has 4 nitrogen and oxygen atoms in total. The van der Waals surface area contributed by atoms with Crippen LogP contribution >= 0.6 is 0 Å². The fraction of sp³-hybridized carbons (Fsp3) is 0.588. The second kappa shape index (κ2) is 6.06. The van der Waals surface area contributed by atoms with Gasteiger partial charge in [-0.05, 0) is 37.1 Å². The van der Waals surface area contributed by atoms with Crippen molar-refractivity contribution in [2.45, 2.75) is 26.2 Å². The molecule has 2 atom stereocenters.